The molecule has 0 amide bonds. The van der Waals surface area contributed by atoms with Gasteiger partial charge in [-0.15, -0.1) is 11.3 Å². The molecule has 0 atom stereocenters. The summed E-state index contributed by atoms with van der Waals surface area (Å²) in [5.41, 5.74) is 11.7. The van der Waals surface area contributed by atoms with Crippen LogP contribution in [-0.4, -0.2) is 14.8 Å². The summed E-state index contributed by atoms with van der Waals surface area (Å²) in [4.78, 5) is 4.28. The molecule has 5 nitrogen and oxygen atoms in total. The molecule has 3 aromatic rings. The fourth-order valence-corrected chi connectivity index (χ4v) is 2.95. The zero-order chi connectivity index (χ0) is 14.1. The maximum absolute atomic E-state index is 6.18. The highest BCUT2D eigenvalue weighted by Crippen LogP contribution is 2.29. The largest absolute Gasteiger partial charge is 0.394 e. The standard InChI is InChI=1S/C14H17N5S/c1-3-4-11-13(15)14(19(2)18-11)17-9-5-6-10-12(7-9)20-8-16-10/h5-8,17H,3-4,15H2,1-2H3. The van der Waals surface area contributed by atoms with Crippen LogP contribution in [0.3, 0.4) is 0 Å². The molecule has 0 radical (unpaired) electrons. The van der Waals surface area contributed by atoms with Crippen molar-refractivity contribution in [1.82, 2.24) is 14.8 Å². The number of thiazole rings is 1. The van der Waals surface area contributed by atoms with E-state index in [9.17, 15) is 0 Å². The van der Waals surface area contributed by atoms with E-state index in [2.05, 4.69) is 28.4 Å². The first kappa shape index (κ1) is 12.9. The molecule has 0 aliphatic rings. The predicted octanol–water partition coefficient (Wildman–Crippen LogP) is 3.31. The summed E-state index contributed by atoms with van der Waals surface area (Å²) in [5, 5.41) is 7.82. The molecule has 1 aromatic carbocycles. The van der Waals surface area contributed by atoms with Gasteiger partial charge in [0.25, 0.3) is 0 Å². The van der Waals surface area contributed by atoms with Crippen molar-refractivity contribution in [1.29, 1.82) is 0 Å². The number of nitrogens with one attached hydrogen (secondary N) is 1. The second-order valence-electron chi connectivity index (χ2n) is 4.74. The van der Waals surface area contributed by atoms with Crippen LogP contribution in [0.5, 0.6) is 0 Å². The van der Waals surface area contributed by atoms with E-state index in [0.717, 1.165) is 45.9 Å². The minimum atomic E-state index is 0.735. The van der Waals surface area contributed by atoms with Crippen molar-refractivity contribution in [3.63, 3.8) is 0 Å². The van der Waals surface area contributed by atoms with Gasteiger partial charge in [0.2, 0.25) is 0 Å². The second kappa shape index (κ2) is 5.13. The molecule has 0 fully saturated rings. The predicted molar refractivity (Wildman–Crippen MR) is 84.5 cm³/mol. The van der Waals surface area contributed by atoms with E-state index in [1.807, 2.05) is 24.7 Å². The first-order valence-corrected chi connectivity index (χ1v) is 7.48. The van der Waals surface area contributed by atoms with E-state index in [1.165, 1.54) is 0 Å². The molecule has 6 heteroatoms. The van der Waals surface area contributed by atoms with Crippen LogP contribution < -0.4 is 11.1 Å². The van der Waals surface area contributed by atoms with Gasteiger partial charge in [-0.25, -0.2) is 4.98 Å². The summed E-state index contributed by atoms with van der Waals surface area (Å²) < 4.78 is 2.96. The van der Waals surface area contributed by atoms with Gasteiger partial charge < -0.3 is 11.1 Å². The summed E-state index contributed by atoms with van der Waals surface area (Å²) in [7, 11) is 1.91. The number of nitrogens with zero attached hydrogens (tertiary/aromatic N) is 3. The van der Waals surface area contributed by atoms with Gasteiger partial charge >= 0.3 is 0 Å². The number of hydrogen-bond donors (Lipinski definition) is 2. The van der Waals surface area contributed by atoms with Crippen LogP contribution in [0.25, 0.3) is 10.2 Å². The maximum Gasteiger partial charge on any atom is 0.152 e. The maximum atomic E-state index is 6.18. The Bertz CT molecular complexity index is 743. The molecule has 2 heterocycles. The average molecular weight is 287 g/mol. The second-order valence-corrected chi connectivity index (χ2v) is 5.63. The zero-order valence-corrected chi connectivity index (χ0v) is 12.4. The highest BCUT2D eigenvalue weighted by atomic mass is 32.1. The van der Waals surface area contributed by atoms with E-state index in [0.29, 0.717) is 0 Å². The quantitative estimate of drug-likeness (QED) is 0.772. The van der Waals surface area contributed by atoms with Crippen molar-refractivity contribution >= 4 is 38.7 Å². The number of aryl methyl sites for hydroxylation is 2. The molecule has 104 valence electrons. The van der Waals surface area contributed by atoms with Crippen molar-refractivity contribution in [3.8, 4) is 0 Å². The van der Waals surface area contributed by atoms with Crippen LogP contribution in [0, 0.1) is 0 Å². The highest BCUT2D eigenvalue weighted by molar-refractivity contribution is 7.16. The van der Waals surface area contributed by atoms with Crippen LogP contribution in [0.15, 0.2) is 23.7 Å². The first-order valence-electron chi connectivity index (χ1n) is 6.60. The van der Waals surface area contributed by atoms with Crippen molar-refractivity contribution in [2.45, 2.75) is 19.8 Å². The Hall–Kier alpha value is -2.08. The molecule has 0 bridgehead atoms. The smallest absolute Gasteiger partial charge is 0.152 e. The summed E-state index contributed by atoms with van der Waals surface area (Å²) in [6.45, 7) is 2.12. The molecule has 0 saturated carbocycles. The number of nitrogen functional groups attached to an aromatic ring is 1. The van der Waals surface area contributed by atoms with Crippen LogP contribution in [0.1, 0.15) is 19.0 Å². The van der Waals surface area contributed by atoms with Gasteiger partial charge in [-0.3, -0.25) is 4.68 Å². The summed E-state index contributed by atoms with van der Waals surface area (Å²) >= 11 is 1.63. The van der Waals surface area contributed by atoms with Gasteiger partial charge in [-0.05, 0) is 24.6 Å². The monoisotopic (exact) mass is 287 g/mol. The topological polar surface area (TPSA) is 68.8 Å². The Balaban J connectivity index is 1.93. The number of benzene rings is 1. The van der Waals surface area contributed by atoms with Gasteiger partial charge in [-0.1, -0.05) is 13.3 Å². The molecule has 0 aliphatic heterocycles. The fraction of sp³-hybridized carbons (Fsp3) is 0.286. The molecule has 0 saturated heterocycles. The first-order chi connectivity index (χ1) is 9.69. The van der Waals surface area contributed by atoms with E-state index >= 15 is 0 Å². The normalized spacial score (nSPS) is 11.1. The van der Waals surface area contributed by atoms with E-state index in [1.54, 1.807) is 16.0 Å². The summed E-state index contributed by atoms with van der Waals surface area (Å²) in [5.74, 6) is 0.845. The SMILES string of the molecule is CCCc1nn(C)c(Nc2ccc3ncsc3c2)c1N. The third-order valence-electron chi connectivity index (χ3n) is 3.24. The highest BCUT2D eigenvalue weighted by Gasteiger charge is 2.13. The number of hydrogen-bond acceptors (Lipinski definition) is 5. The number of aromatic nitrogens is 3. The lowest BCUT2D eigenvalue weighted by Gasteiger charge is -2.07. The molecular weight excluding hydrogens is 270 g/mol. The van der Waals surface area contributed by atoms with Gasteiger partial charge in [-0.2, -0.15) is 5.10 Å². The lowest BCUT2D eigenvalue weighted by molar-refractivity contribution is 0.740. The third-order valence-corrected chi connectivity index (χ3v) is 4.03. The molecule has 0 aliphatic carbocycles. The summed E-state index contributed by atoms with van der Waals surface area (Å²) in [6.07, 6.45) is 1.93. The fourth-order valence-electron chi connectivity index (χ4n) is 2.24. The molecule has 3 rings (SSSR count). The van der Waals surface area contributed by atoms with Crippen molar-refractivity contribution < 1.29 is 0 Å². The van der Waals surface area contributed by atoms with Gasteiger partial charge in [0.1, 0.15) is 0 Å². The summed E-state index contributed by atoms with van der Waals surface area (Å²) in [6, 6.07) is 6.10. The molecular formula is C14H17N5S. The minimum Gasteiger partial charge on any atom is -0.394 e. The number of nitrogens with two attached hydrogens (primary N) is 1. The third kappa shape index (κ3) is 2.22. The van der Waals surface area contributed by atoms with Crippen molar-refractivity contribution in [3.05, 3.63) is 29.4 Å². The van der Waals surface area contributed by atoms with E-state index in [4.69, 9.17) is 5.73 Å². The van der Waals surface area contributed by atoms with E-state index in [-0.39, 0.29) is 0 Å². The number of rotatable bonds is 4. The molecule has 2 aromatic heterocycles. The van der Waals surface area contributed by atoms with Crippen LogP contribution in [0.4, 0.5) is 17.2 Å². The molecule has 0 spiro atoms. The van der Waals surface area contributed by atoms with Crippen LogP contribution >= 0.6 is 11.3 Å². The Labute approximate surface area is 121 Å². The molecule has 3 N–H and O–H groups in total. The molecule has 20 heavy (non-hydrogen) atoms. The Morgan fingerprint density at radius 3 is 3.05 bits per heavy atom. The minimum absolute atomic E-state index is 0.735. The average Bonchev–Trinajstić information content (AvgIpc) is 2.99. The van der Waals surface area contributed by atoms with E-state index < -0.39 is 0 Å². The zero-order valence-electron chi connectivity index (χ0n) is 11.6. The lowest BCUT2D eigenvalue weighted by atomic mass is 10.2. The van der Waals surface area contributed by atoms with Crippen LogP contribution in [-0.2, 0) is 13.5 Å². The molecule has 0 unspecified atom stereocenters. The lowest BCUT2D eigenvalue weighted by Crippen LogP contribution is -2.01. The Kier molecular flexibility index (Phi) is 3.31. The number of anilines is 3. The van der Waals surface area contributed by atoms with Crippen LogP contribution in [0.2, 0.25) is 0 Å². The Morgan fingerprint density at radius 2 is 2.25 bits per heavy atom. The number of fused-ring (bicyclic) bond motifs is 1. The Morgan fingerprint density at radius 1 is 1.40 bits per heavy atom. The van der Waals surface area contributed by atoms with Gasteiger partial charge in [0.05, 0.1) is 27.1 Å². The van der Waals surface area contributed by atoms with Gasteiger partial charge in [0, 0.05) is 12.7 Å². The van der Waals surface area contributed by atoms with Crippen molar-refractivity contribution in [2.24, 2.45) is 7.05 Å². The van der Waals surface area contributed by atoms with Gasteiger partial charge in [0.15, 0.2) is 5.82 Å². The van der Waals surface area contributed by atoms with Crippen molar-refractivity contribution in [2.75, 3.05) is 11.1 Å².